The van der Waals surface area contributed by atoms with Gasteiger partial charge in [0.1, 0.15) is 11.6 Å². The second kappa shape index (κ2) is 10.3. The van der Waals surface area contributed by atoms with Crippen molar-refractivity contribution in [3.8, 4) is 0 Å². The lowest BCUT2D eigenvalue weighted by Gasteiger charge is -2.38. The quantitative estimate of drug-likeness (QED) is 0.420. The van der Waals surface area contributed by atoms with Gasteiger partial charge < -0.3 is 24.5 Å². The molecule has 5 rings (SSSR count). The molecule has 0 saturated carbocycles. The second-order valence-electron chi connectivity index (χ2n) is 11.3. The maximum Gasteiger partial charge on any atom is 0.249 e. The van der Waals surface area contributed by atoms with E-state index >= 15 is 0 Å². The van der Waals surface area contributed by atoms with Gasteiger partial charge in [-0.3, -0.25) is 14.4 Å². The van der Waals surface area contributed by atoms with E-state index in [2.05, 4.69) is 0 Å². The number of hydrogen-bond acceptors (Lipinski definition) is 5. The van der Waals surface area contributed by atoms with Crippen LogP contribution >= 0.6 is 0 Å². The maximum atomic E-state index is 14.3. The fourth-order valence-corrected chi connectivity index (χ4v) is 6.83. The summed E-state index contributed by atoms with van der Waals surface area (Å²) in [5.41, 5.74) is -1.47. The van der Waals surface area contributed by atoms with Gasteiger partial charge in [0.15, 0.2) is 0 Å². The molecule has 4 heterocycles. The smallest absolute Gasteiger partial charge is 0.249 e. The predicted molar refractivity (Wildman–Crippen MR) is 144 cm³/mol. The van der Waals surface area contributed by atoms with Gasteiger partial charge in [-0.25, -0.2) is 0 Å². The number of aliphatic hydroxyl groups excluding tert-OH is 1. The van der Waals surface area contributed by atoms with E-state index in [-0.39, 0.29) is 30.4 Å². The van der Waals surface area contributed by atoms with Gasteiger partial charge >= 0.3 is 0 Å². The molecule has 0 bridgehead atoms. The predicted octanol–water partition coefficient (Wildman–Crippen LogP) is 2.92. The van der Waals surface area contributed by atoms with Crippen molar-refractivity contribution >= 4 is 23.4 Å². The number of rotatable bonds is 8. The van der Waals surface area contributed by atoms with Gasteiger partial charge in [-0.15, -0.1) is 0 Å². The number of likely N-dealkylation sites (tertiary alicyclic amines) is 1. The number of carbonyl (C=O) groups excluding carboxylic acids is 3. The Hall–Kier alpha value is -2.97. The highest BCUT2D eigenvalue weighted by atomic mass is 16.5. The van der Waals surface area contributed by atoms with Crippen LogP contribution in [-0.2, 0) is 19.1 Å². The van der Waals surface area contributed by atoms with E-state index in [1.165, 1.54) is 0 Å². The first-order valence-electron chi connectivity index (χ1n) is 13.9. The number of aliphatic hydroxyl groups is 1. The fourth-order valence-electron chi connectivity index (χ4n) is 6.83. The Morgan fingerprint density at radius 2 is 1.63 bits per heavy atom. The molecule has 2 saturated heterocycles. The molecular weight excluding hydrogens is 482 g/mol. The first-order chi connectivity index (χ1) is 18.2. The van der Waals surface area contributed by atoms with Gasteiger partial charge in [0.25, 0.3) is 0 Å². The van der Waals surface area contributed by atoms with Crippen molar-refractivity contribution in [3.05, 3.63) is 54.6 Å². The van der Waals surface area contributed by atoms with Crippen molar-refractivity contribution in [3.63, 3.8) is 0 Å². The Kier molecular flexibility index (Phi) is 7.22. The Bertz CT molecular complexity index is 1130. The maximum absolute atomic E-state index is 14.3. The van der Waals surface area contributed by atoms with Crippen LogP contribution in [0.5, 0.6) is 0 Å². The van der Waals surface area contributed by atoms with Crippen LogP contribution in [0.25, 0.3) is 0 Å². The number of hydrogen-bond donors (Lipinski definition) is 1. The summed E-state index contributed by atoms with van der Waals surface area (Å²) >= 11 is 0. The number of unbranched alkanes of at least 4 members (excludes halogenated alkanes) is 3. The van der Waals surface area contributed by atoms with Gasteiger partial charge in [0.2, 0.25) is 17.7 Å². The Balaban J connectivity index is 1.56. The summed E-state index contributed by atoms with van der Waals surface area (Å²) < 4.78 is 6.86. The molecule has 8 heteroatoms. The van der Waals surface area contributed by atoms with E-state index in [4.69, 9.17) is 9.84 Å². The van der Waals surface area contributed by atoms with Gasteiger partial charge in [0, 0.05) is 38.0 Å². The van der Waals surface area contributed by atoms with Gasteiger partial charge in [0.05, 0.1) is 17.4 Å². The van der Waals surface area contributed by atoms with Crippen molar-refractivity contribution in [1.29, 1.82) is 0 Å². The molecule has 8 nitrogen and oxygen atoms in total. The molecule has 204 valence electrons. The molecule has 1 unspecified atom stereocenters. The summed E-state index contributed by atoms with van der Waals surface area (Å²) in [6.45, 7) is 7.21. The van der Waals surface area contributed by atoms with E-state index in [0.717, 1.165) is 24.9 Å². The molecule has 2 fully saturated rings. The lowest BCUT2D eigenvalue weighted by Crippen LogP contribution is -2.57. The number of fused-ring (bicyclic) bond motifs is 2. The average molecular weight is 522 g/mol. The molecule has 0 radical (unpaired) electrons. The van der Waals surface area contributed by atoms with E-state index in [1.54, 1.807) is 14.7 Å². The number of ether oxygens (including phenoxy) is 1. The van der Waals surface area contributed by atoms with Crippen LogP contribution in [0.3, 0.4) is 0 Å². The number of amides is 3. The normalized spacial score (nSPS) is 32.5. The van der Waals surface area contributed by atoms with E-state index in [0.29, 0.717) is 26.1 Å². The van der Waals surface area contributed by atoms with Crippen LogP contribution in [0.2, 0.25) is 0 Å². The highest BCUT2D eigenvalue weighted by Gasteiger charge is 2.74. The summed E-state index contributed by atoms with van der Waals surface area (Å²) in [4.78, 5) is 47.9. The molecular formula is C30H39N3O5. The third-order valence-corrected chi connectivity index (χ3v) is 8.59. The largest absolute Gasteiger partial charge is 0.396 e. The molecule has 3 amide bonds. The van der Waals surface area contributed by atoms with E-state index in [1.807, 2.05) is 75.4 Å². The van der Waals surface area contributed by atoms with Crippen LogP contribution < -0.4 is 4.90 Å². The third-order valence-electron chi connectivity index (χ3n) is 8.59. The molecule has 1 aromatic carbocycles. The number of nitrogens with zero attached hydrogens (tertiary/aromatic N) is 3. The first-order valence-corrected chi connectivity index (χ1v) is 13.9. The van der Waals surface area contributed by atoms with Crippen LogP contribution in [-0.4, -0.2) is 82.2 Å². The Labute approximate surface area is 224 Å². The third kappa shape index (κ3) is 4.18. The standard InChI is InChI=1S/C30H39N3O5/c1-21(2)31-18-12-16-30-24(27(36)33(25(30)28(31)37)17-9-4-5-10-20-34)23-26(35)32(22-13-7-6-8-14-22)19-11-15-29(23,3)38-30/h6-8,11-16,21,23-25,34H,4-5,9-10,17-20H2,1-3H3/t23-,24+,25?,29+,30+/m1/s1. The summed E-state index contributed by atoms with van der Waals surface area (Å²) in [5, 5.41) is 9.13. The summed E-state index contributed by atoms with van der Waals surface area (Å²) in [6.07, 6.45) is 10.8. The first kappa shape index (κ1) is 26.6. The summed E-state index contributed by atoms with van der Waals surface area (Å²) in [7, 11) is 0. The van der Waals surface area contributed by atoms with Crippen LogP contribution in [0, 0.1) is 11.8 Å². The van der Waals surface area contributed by atoms with Gasteiger partial charge in [-0.2, -0.15) is 0 Å². The molecule has 4 aliphatic rings. The van der Waals surface area contributed by atoms with Crippen molar-refractivity contribution in [2.24, 2.45) is 11.8 Å². The number of benzene rings is 1. The van der Waals surface area contributed by atoms with Crippen molar-refractivity contribution in [2.75, 3.05) is 31.1 Å². The van der Waals surface area contributed by atoms with Gasteiger partial charge in [-0.1, -0.05) is 55.3 Å². The zero-order valence-corrected chi connectivity index (χ0v) is 22.6. The number of carbonyl (C=O) groups is 3. The molecule has 1 spiro atoms. The second-order valence-corrected chi connectivity index (χ2v) is 11.3. The minimum absolute atomic E-state index is 0.0413. The van der Waals surface area contributed by atoms with E-state index in [9.17, 15) is 14.4 Å². The Morgan fingerprint density at radius 3 is 2.34 bits per heavy atom. The summed E-state index contributed by atoms with van der Waals surface area (Å²) in [6, 6.07) is 8.62. The zero-order valence-electron chi connectivity index (χ0n) is 22.6. The molecule has 0 aliphatic carbocycles. The van der Waals surface area contributed by atoms with E-state index < -0.39 is 29.1 Å². The molecule has 5 atom stereocenters. The van der Waals surface area contributed by atoms with Crippen LogP contribution in [0.15, 0.2) is 54.6 Å². The average Bonchev–Trinajstić information content (AvgIpc) is 3.15. The molecule has 1 aromatic rings. The monoisotopic (exact) mass is 521 g/mol. The Morgan fingerprint density at radius 1 is 0.921 bits per heavy atom. The van der Waals surface area contributed by atoms with Gasteiger partial charge in [-0.05, 0) is 45.7 Å². The highest BCUT2D eigenvalue weighted by Crippen LogP contribution is 2.57. The SMILES string of the molecule is CC(C)N1CC=C[C@]23O[C@@]4(C)C=CCN(c5ccccc5)C(=O)[C@H]4[C@H]2C(=O)N(CCCCCCO)C3C1=O. The molecule has 1 N–H and O–H groups in total. The number of para-hydroxylation sites is 1. The fraction of sp³-hybridized carbons (Fsp3) is 0.567. The molecule has 38 heavy (non-hydrogen) atoms. The van der Waals surface area contributed by atoms with Crippen molar-refractivity contribution in [1.82, 2.24) is 9.80 Å². The topological polar surface area (TPSA) is 90.4 Å². The van der Waals surface area contributed by atoms with Crippen LogP contribution in [0.4, 0.5) is 5.69 Å². The van der Waals surface area contributed by atoms with Crippen LogP contribution in [0.1, 0.15) is 46.5 Å². The lowest BCUT2D eigenvalue weighted by molar-refractivity contribution is -0.152. The molecule has 4 aliphatic heterocycles. The minimum atomic E-state index is -1.22. The zero-order chi connectivity index (χ0) is 27.1. The van der Waals surface area contributed by atoms with Crippen molar-refractivity contribution in [2.45, 2.75) is 69.7 Å². The number of anilines is 1. The summed E-state index contributed by atoms with van der Waals surface area (Å²) in [5.74, 6) is -2.05. The molecule has 0 aromatic heterocycles. The minimum Gasteiger partial charge on any atom is -0.396 e. The lowest BCUT2D eigenvalue weighted by atomic mass is 9.74. The highest BCUT2D eigenvalue weighted by molar-refractivity contribution is 6.04. The van der Waals surface area contributed by atoms with Crippen molar-refractivity contribution < 1.29 is 24.2 Å².